The lowest BCUT2D eigenvalue weighted by Gasteiger charge is -2.16. The number of nitrogens with one attached hydrogen (secondary N) is 2. The number of guanidine groups is 1. The molecule has 0 aliphatic heterocycles. The fourth-order valence-electron chi connectivity index (χ4n) is 2.57. The molecule has 0 spiro atoms. The molecule has 0 aliphatic rings. The van der Waals surface area contributed by atoms with E-state index in [1.165, 1.54) is 4.90 Å². The largest absolute Gasteiger partial charge is 0.497 e. The van der Waals surface area contributed by atoms with Gasteiger partial charge in [-0.2, -0.15) is 0 Å². The monoisotopic (exact) mass is 542 g/mol. The van der Waals surface area contributed by atoms with E-state index in [-0.39, 0.29) is 36.4 Å². The molecule has 0 atom stereocenters. The van der Waals surface area contributed by atoms with Crippen molar-refractivity contribution >= 4 is 35.8 Å². The number of carbonyl (C=O) groups excluding carboxylic acids is 1. The lowest BCUT2D eigenvalue weighted by atomic mass is 10.2. The van der Waals surface area contributed by atoms with Crippen molar-refractivity contribution in [2.24, 2.45) is 4.99 Å². The van der Waals surface area contributed by atoms with E-state index in [1.54, 1.807) is 35.4 Å². The van der Waals surface area contributed by atoms with Crippen LogP contribution in [0.1, 0.15) is 11.1 Å². The molecular formula is C22H31IN4O4. The van der Waals surface area contributed by atoms with E-state index in [2.05, 4.69) is 15.6 Å². The summed E-state index contributed by atoms with van der Waals surface area (Å²) in [6, 6.07) is 13.3. The molecule has 170 valence electrons. The normalized spacial score (nSPS) is 10.5. The Morgan fingerprint density at radius 3 is 2.16 bits per heavy atom. The van der Waals surface area contributed by atoms with Crippen molar-refractivity contribution in [2.75, 3.05) is 42.0 Å². The summed E-state index contributed by atoms with van der Waals surface area (Å²) in [5, 5.41) is 6.34. The maximum Gasteiger partial charge on any atom is 0.241 e. The molecule has 0 aliphatic carbocycles. The lowest BCUT2D eigenvalue weighted by Crippen LogP contribution is -2.42. The fraction of sp³-hybridized carbons (Fsp3) is 0.364. The summed E-state index contributed by atoms with van der Waals surface area (Å²) in [6.07, 6.45) is 0. The Kier molecular flexibility index (Phi) is 11.5. The lowest BCUT2D eigenvalue weighted by molar-refractivity contribution is -0.127. The van der Waals surface area contributed by atoms with Crippen LogP contribution in [0, 0.1) is 0 Å². The number of ether oxygens (including phenoxy) is 3. The maximum absolute atomic E-state index is 12.0. The molecule has 0 saturated carbocycles. The number of halogens is 1. The Morgan fingerprint density at radius 2 is 1.58 bits per heavy atom. The van der Waals surface area contributed by atoms with Gasteiger partial charge in [-0.1, -0.05) is 12.1 Å². The number of nitrogens with zero attached hydrogens (tertiary/aromatic N) is 2. The van der Waals surface area contributed by atoms with Crippen molar-refractivity contribution in [3.63, 3.8) is 0 Å². The molecule has 0 heterocycles. The van der Waals surface area contributed by atoms with Gasteiger partial charge in [-0.15, -0.1) is 24.0 Å². The van der Waals surface area contributed by atoms with Crippen molar-refractivity contribution in [1.82, 2.24) is 15.5 Å². The Hall–Kier alpha value is -2.69. The average molecular weight is 542 g/mol. The number of rotatable bonds is 9. The highest BCUT2D eigenvalue weighted by molar-refractivity contribution is 14.0. The predicted molar refractivity (Wildman–Crippen MR) is 133 cm³/mol. The zero-order chi connectivity index (χ0) is 21.9. The van der Waals surface area contributed by atoms with Crippen LogP contribution in [0.15, 0.2) is 47.5 Å². The van der Waals surface area contributed by atoms with Crippen LogP contribution >= 0.6 is 24.0 Å². The third kappa shape index (κ3) is 8.52. The topological polar surface area (TPSA) is 84.4 Å². The highest BCUT2D eigenvalue weighted by Crippen LogP contribution is 2.24. The third-order valence-electron chi connectivity index (χ3n) is 4.43. The Morgan fingerprint density at radius 1 is 0.935 bits per heavy atom. The van der Waals surface area contributed by atoms with Gasteiger partial charge in [0.2, 0.25) is 5.91 Å². The molecule has 1 amide bonds. The minimum absolute atomic E-state index is 0. The summed E-state index contributed by atoms with van der Waals surface area (Å²) in [4.78, 5) is 18.1. The number of carbonyl (C=O) groups is 1. The molecular weight excluding hydrogens is 511 g/mol. The molecule has 0 aromatic heterocycles. The highest BCUT2D eigenvalue weighted by Gasteiger charge is 2.09. The van der Waals surface area contributed by atoms with Crippen LogP contribution in [-0.4, -0.2) is 58.7 Å². The van der Waals surface area contributed by atoms with E-state index in [0.717, 1.165) is 22.6 Å². The van der Waals surface area contributed by atoms with Crippen LogP contribution in [0.25, 0.3) is 0 Å². The molecule has 0 saturated heterocycles. The number of hydrogen-bond donors (Lipinski definition) is 2. The van der Waals surface area contributed by atoms with Crippen LogP contribution in [0.5, 0.6) is 17.2 Å². The maximum atomic E-state index is 12.0. The summed E-state index contributed by atoms with van der Waals surface area (Å²) in [7, 11) is 8.29. The SMILES string of the molecule is COc1ccc(CN=C(NCC(=O)N(C)C)NCc2ccc(OC)cc2OC)cc1.I. The minimum Gasteiger partial charge on any atom is -0.497 e. The molecule has 2 rings (SSSR count). The number of methoxy groups -OCH3 is 3. The van der Waals surface area contributed by atoms with Crippen molar-refractivity contribution < 1.29 is 19.0 Å². The van der Waals surface area contributed by atoms with Crippen LogP contribution in [0.3, 0.4) is 0 Å². The molecule has 0 fully saturated rings. The van der Waals surface area contributed by atoms with E-state index < -0.39 is 0 Å². The van der Waals surface area contributed by atoms with E-state index in [1.807, 2.05) is 42.5 Å². The van der Waals surface area contributed by atoms with E-state index in [0.29, 0.717) is 24.8 Å². The van der Waals surface area contributed by atoms with E-state index in [4.69, 9.17) is 14.2 Å². The molecule has 2 N–H and O–H groups in total. The number of aliphatic imine (C=N–C) groups is 1. The number of amides is 1. The number of hydrogen-bond acceptors (Lipinski definition) is 5. The van der Waals surface area contributed by atoms with Gasteiger partial charge in [0.05, 0.1) is 34.4 Å². The van der Waals surface area contributed by atoms with Gasteiger partial charge in [-0.3, -0.25) is 4.79 Å². The molecule has 0 unspecified atom stereocenters. The van der Waals surface area contributed by atoms with E-state index in [9.17, 15) is 4.79 Å². The Bertz CT molecular complexity index is 857. The second-order valence-corrected chi connectivity index (χ2v) is 6.69. The minimum atomic E-state index is -0.0454. The standard InChI is InChI=1S/C22H30N4O4.HI/c1-26(2)21(27)15-25-22(23-13-16-6-9-18(28-3)10-7-16)24-14-17-8-11-19(29-4)12-20(17)30-5;/h6-12H,13-15H2,1-5H3,(H2,23,24,25);1H. The summed E-state index contributed by atoms with van der Waals surface area (Å²) in [5.41, 5.74) is 1.97. The Balaban J connectivity index is 0.00000480. The van der Waals surface area contributed by atoms with Gasteiger partial charge in [-0.25, -0.2) is 4.99 Å². The molecule has 2 aromatic carbocycles. The molecule has 2 aromatic rings. The first kappa shape index (κ1) is 26.3. The van der Waals surface area contributed by atoms with Crippen molar-refractivity contribution in [1.29, 1.82) is 0 Å². The van der Waals surface area contributed by atoms with Gasteiger partial charge < -0.3 is 29.7 Å². The molecule has 31 heavy (non-hydrogen) atoms. The van der Waals surface area contributed by atoms with Crippen molar-refractivity contribution in [3.8, 4) is 17.2 Å². The van der Waals surface area contributed by atoms with Crippen LogP contribution in [-0.2, 0) is 17.9 Å². The smallest absolute Gasteiger partial charge is 0.241 e. The first-order valence-electron chi connectivity index (χ1n) is 9.53. The second-order valence-electron chi connectivity index (χ2n) is 6.69. The third-order valence-corrected chi connectivity index (χ3v) is 4.43. The summed E-state index contributed by atoms with van der Waals surface area (Å²) in [6.45, 7) is 1.06. The summed E-state index contributed by atoms with van der Waals surface area (Å²) < 4.78 is 15.9. The quantitative estimate of drug-likeness (QED) is 0.288. The first-order valence-corrected chi connectivity index (χ1v) is 9.53. The van der Waals surface area contributed by atoms with E-state index >= 15 is 0 Å². The average Bonchev–Trinajstić information content (AvgIpc) is 2.78. The zero-order valence-corrected chi connectivity index (χ0v) is 20.9. The van der Waals surface area contributed by atoms with Gasteiger partial charge in [0, 0.05) is 32.3 Å². The van der Waals surface area contributed by atoms with Gasteiger partial charge in [0.15, 0.2) is 5.96 Å². The number of benzene rings is 2. The number of likely N-dealkylation sites (N-methyl/N-ethyl adjacent to an activating group) is 1. The summed E-state index contributed by atoms with van der Waals surface area (Å²) in [5.74, 6) is 2.71. The predicted octanol–water partition coefficient (Wildman–Crippen LogP) is 2.65. The second kappa shape index (κ2) is 13.6. The fourth-order valence-corrected chi connectivity index (χ4v) is 2.57. The van der Waals surface area contributed by atoms with Gasteiger partial charge in [0.25, 0.3) is 0 Å². The van der Waals surface area contributed by atoms with Crippen LogP contribution in [0.2, 0.25) is 0 Å². The Labute approximate surface area is 201 Å². The molecule has 0 bridgehead atoms. The van der Waals surface area contributed by atoms with Crippen molar-refractivity contribution in [3.05, 3.63) is 53.6 Å². The molecule has 9 heteroatoms. The highest BCUT2D eigenvalue weighted by atomic mass is 127. The molecule has 8 nitrogen and oxygen atoms in total. The van der Waals surface area contributed by atoms with Gasteiger partial charge in [-0.05, 0) is 29.8 Å². The van der Waals surface area contributed by atoms with Crippen LogP contribution < -0.4 is 24.8 Å². The van der Waals surface area contributed by atoms with Gasteiger partial charge >= 0.3 is 0 Å². The van der Waals surface area contributed by atoms with Crippen LogP contribution in [0.4, 0.5) is 0 Å². The first-order chi connectivity index (χ1) is 14.5. The van der Waals surface area contributed by atoms with Gasteiger partial charge in [0.1, 0.15) is 17.2 Å². The van der Waals surface area contributed by atoms with Crippen molar-refractivity contribution in [2.45, 2.75) is 13.1 Å². The zero-order valence-electron chi connectivity index (χ0n) is 18.6. The molecule has 0 radical (unpaired) electrons. The summed E-state index contributed by atoms with van der Waals surface area (Å²) >= 11 is 0.